The lowest BCUT2D eigenvalue weighted by Crippen LogP contribution is -2.32. The molecule has 2 aromatic carbocycles. The number of hydrogen-bond acceptors (Lipinski definition) is 3. The maximum atomic E-state index is 12.2. The van der Waals surface area contributed by atoms with E-state index in [0.29, 0.717) is 29.2 Å². The van der Waals surface area contributed by atoms with Crippen molar-refractivity contribution in [2.75, 3.05) is 6.54 Å². The van der Waals surface area contributed by atoms with Gasteiger partial charge in [-0.2, -0.15) is 4.73 Å². The van der Waals surface area contributed by atoms with Gasteiger partial charge < -0.3 is 15.5 Å². The third-order valence-corrected chi connectivity index (χ3v) is 5.11. The van der Waals surface area contributed by atoms with Crippen molar-refractivity contribution in [2.45, 2.75) is 6.42 Å². The average Bonchev–Trinajstić information content (AvgIpc) is 3.17. The Labute approximate surface area is 142 Å². The molecule has 0 fully saturated rings. The summed E-state index contributed by atoms with van der Waals surface area (Å²) in [7, 11) is 0. The van der Waals surface area contributed by atoms with Gasteiger partial charge in [-0.25, -0.2) is 0 Å². The van der Waals surface area contributed by atoms with Crippen LogP contribution in [0.4, 0.5) is 0 Å². The van der Waals surface area contributed by atoms with Gasteiger partial charge in [0.2, 0.25) is 5.52 Å². The maximum Gasteiger partial charge on any atom is 0.267 e. The number of aromatic nitrogens is 2. The largest absolute Gasteiger partial charge is 0.617 e. The van der Waals surface area contributed by atoms with Crippen LogP contribution in [0.3, 0.4) is 0 Å². The van der Waals surface area contributed by atoms with Crippen LogP contribution in [0, 0.1) is 5.21 Å². The lowest BCUT2D eigenvalue weighted by molar-refractivity contribution is -0.580. The molecule has 5 nitrogen and oxygen atoms in total. The summed E-state index contributed by atoms with van der Waals surface area (Å²) in [5.41, 5.74) is 2.14. The fourth-order valence-corrected chi connectivity index (χ4v) is 3.78. The highest BCUT2D eigenvalue weighted by molar-refractivity contribution is 7.18. The fourth-order valence-electron chi connectivity index (χ4n) is 2.74. The Morgan fingerprint density at radius 3 is 2.79 bits per heavy atom. The first-order valence-electron chi connectivity index (χ1n) is 7.68. The smallest absolute Gasteiger partial charge is 0.267 e. The van der Waals surface area contributed by atoms with Gasteiger partial charge in [0.05, 0.1) is 6.42 Å². The lowest BCUT2D eigenvalue weighted by Gasteiger charge is -2.02. The van der Waals surface area contributed by atoms with Crippen LogP contribution in [0.25, 0.3) is 21.1 Å². The van der Waals surface area contributed by atoms with Crippen LogP contribution in [0.1, 0.15) is 15.5 Å². The number of carbonyl (C=O) groups excluding carboxylic acids is 1. The molecule has 0 spiro atoms. The first-order valence-corrected chi connectivity index (χ1v) is 8.50. The summed E-state index contributed by atoms with van der Waals surface area (Å²) in [6.45, 7) is 0.420. The second kappa shape index (κ2) is 5.98. The normalized spacial score (nSPS) is 11.2. The number of H-pyrrole nitrogens is 1. The molecule has 0 aliphatic heterocycles. The number of benzene rings is 2. The first kappa shape index (κ1) is 14.7. The van der Waals surface area contributed by atoms with Gasteiger partial charge in [0, 0.05) is 23.5 Å². The number of hydrogen-bond donors (Lipinski definition) is 2. The molecule has 0 unspecified atom stereocenters. The number of nitrogens with one attached hydrogen (secondary N) is 2. The van der Waals surface area contributed by atoms with Crippen molar-refractivity contribution < 1.29 is 9.52 Å². The van der Waals surface area contributed by atoms with E-state index >= 15 is 0 Å². The Bertz CT molecular complexity index is 1000. The molecule has 0 saturated heterocycles. The van der Waals surface area contributed by atoms with E-state index in [-0.39, 0.29) is 5.91 Å². The summed E-state index contributed by atoms with van der Waals surface area (Å²) in [4.78, 5) is 15.3. The van der Waals surface area contributed by atoms with Crippen LogP contribution in [0.15, 0.2) is 54.6 Å². The summed E-state index contributed by atoms with van der Waals surface area (Å²) in [6.07, 6.45) is 0.509. The summed E-state index contributed by atoms with van der Waals surface area (Å²) in [5, 5.41) is 16.8. The highest BCUT2D eigenvalue weighted by Gasteiger charge is 2.15. The van der Waals surface area contributed by atoms with E-state index in [0.717, 1.165) is 20.3 Å². The molecular formula is C18H15N3O2S. The predicted molar refractivity (Wildman–Crippen MR) is 95.1 cm³/mol. The molecule has 2 aromatic heterocycles. The monoisotopic (exact) mass is 337 g/mol. The number of amides is 1. The highest BCUT2D eigenvalue weighted by Crippen LogP contribution is 2.20. The Balaban J connectivity index is 1.44. The molecule has 6 heteroatoms. The van der Waals surface area contributed by atoms with Crippen LogP contribution in [-0.4, -0.2) is 17.4 Å². The first-order chi connectivity index (χ1) is 11.7. The van der Waals surface area contributed by atoms with Gasteiger partial charge in [-0.1, -0.05) is 41.7 Å². The van der Waals surface area contributed by atoms with Crippen molar-refractivity contribution in [3.8, 4) is 0 Å². The number of aromatic amines is 1. The molecule has 2 N–H and O–H groups in total. The molecule has 120 valence electrons. The third kappa shape index (κ3) is 2.61. The number of para-hydroxylation sites is 2. The number of thiazole rings is 1. The quantitative estimate of drug-likeness (QED) is 0.444. The van der Waals surface area contributed by atoms with E-state index in [9.17, 15) is 10.0 Å². The molecule has 1 amide bonds. The van der Waals surface area contributed by atoms with Crippen LogP contribution in [0.2, 0.25) is 0 Å². The van der Waals surface area contributed by atoms with E-state index in [2.05, 4.69) is 10.3 Å². The Morgan fingerprint density at radius 1 is 1.17 bits per heavy atom. The minimum Gasteiger partial charge on any atom is -0.617 e. The average molecular weight is 337 g/mol. The lowest BCUT2D eigenvalue weighted by atomic mass is 10.2. The molecule has 0 bridgehead atoms. The van der Waals surface area contributed by atoms with E-state index in [1.165, 1.54) is 11.3 Å². The highest BCUT2D eigenvalue weighted by atomic mass is 32.1. The zero-order valence-corrected chi connectivity index (χ0v) is 13.6. The van der Waals surface area contributed by atoms with Gasteiger partial charge in [0.1, 0.15) is 10.4 Å². The van der Waals surface area contributed by atoms with Crippen molar-refractivity contribution >= 4 is 38.4 Å². The Morgan fingerprint density at radius 2 is 1.96 bits per heavy atom. The summed E-state index contributed by atoms with van der Waals surface area (Å²) in [5.74, 6) is -0.162. The van der Waals surface area contributed by atoms with Crippen molar-refractivity contribution in [2.24, 2.45) is 0 Å². The molecule has 4 aromatic rings. The summed E-state index contributed by atoms with van der Waals surface area (Å²) < 4.78 is 1.92. The number of nitrogens with zero attached hydrogens (tertiary/aromatic N) is 1. The van der Waals surface area contributed by atoms with E-state index < -0.39 is 0 Å². The van der Waals surface area contributed by atoms with Crippen LogP contribution in [-0.2, 0) is 6.42 Å². The molecule has 0 radical (unpaired) electrons. The summed E-state index contributed by atoms with van der Waals surface area (Å²) >= 11 is 1.47. The minimum atomic E-state index is -0.162. The zero-order valence-electron chi connectivity index (χ0n) is 12.8. The number of carbonyl (C=O) groups is 1. The van der Waals surface area contributed by atoms with Crippen LogP contribution >= 0.6 is 11.3 Å². The van der Waals surface area contributed by atoms with Gasteiger partial charge in [-0.05, 0) is 18.2 Å². The number of rotatable bonds is 4. The Kier molecular flexibility index (Phi) is 3.66. The second-order valence-electron chi connectivity index (χ2n) is 5.53. The van der Waals surface area contributed by atoms with Gasteiger partial charge >= 0.3 is 0 Å². The second-order valence-corrected chi connectivity index (χ2v) is 6.65. The molecule has 0 saturated carbocycles. The van der Waals surface area contributed by atoms with Crippen LogP contribution in [0.5, 0.6) is 0 Å². The van der Waals surface area contributed by atoms with E-state index in [4.69, 9.17) is 0 Å². The van der Waals surface area contributed by atoms with Gasteiger partial charge in [-0.3, -0.25) is 4.79 Å². The zero-order chi connectivity index (χ0) is 16.5. The van der Waals surface area contributed by atoms with E-state index in [1.807, 2.05) is 54.6 Å². The molecule has 24 heavy (non-hydrogen) atoms. The topological polar surface area (TPSA) is 71.8 Å². The molecule has 0 aliphatic carbocycles. The minimum absolute atomic E-state index is 0.162. The van der Waals surface area contributed by atoms with Crippen molar-refractivity contribution in [1.82, 2.24) is 10.3 Å². The number of fused-ring (bicyclic) bond motifs is 2. The van der Waals surface area contributed by atoms with Crippen molar-refractivity contribution in [3.05, 3.63) is 70.5 Å². The Hall–Kier alpha value is -2.86. The molecule has 0 atom stereocenters. The maximum absolute atomic E-state index is 12.2. The van der Waals surface area contributed by atoms with Gasteiger partial charge in [-0.15, -0.1) is 0 Å². The molecule has 0 aliphatic rings. The molecule has 2 heterocycles. The molecule has 4 rings (SSSR count). The SMILES string of the molecule is O=C(NCCc1sc2ccccc2[n+]1[O-])c1cc2ccccc2[nH]1. The predicted octanol–water partition coefficient (Wildman–Crippen LogP) is 2.99. The van der Waals surface area contributed by atoms with E-state index in [1.54, 1.807) is 0 Å². The molecular weight excluding hydrogens is 322 g/mol. The van der Waals surface area contributed by atoms with Gasteiger partial charge in [0.25, 0.3) is 10.9 Å². The summed E-state index contributed by atoms with van der Waals surface area (Å²) in [6, 6.07) is 17.1. The third-order valence-electron chi connectivity index (χ3n) is 3.94. The standard InChI is InChI=1S/C18H15N3O2S/c22-18(14-11-12-5-1-2-6-13(12)20-14)19-10-9-17-21(23)15-7-3-4-8-16(15)24-17/h1-8,11,20H,9-10H2,(H,19,22). The van der Waals surface area contributed by atoms with Crippen LogP contribution < -0.4 is 10.0 Å². The van der Waals surface area contributed by atoms with Crippen molar-refractivity contribution in [3.63, 3.8) is 0 Å². The van der Waals surface area contributed by atoms with Crippen molar-refractivity contribution in [1.29, 1.82) is 0 Å². The fraction of sp³-hybridized carbons (Fsp3) is 0.111. The van der Waals surface area contributed by atoms with Gasteiger partial charge in [0.15, 0.2) is 0 Å².